The second kappa shape index (κ2) is 8.50. The topological polar surface area (TPSA) is 67.8 Å². The molecule has 19 heavy (non-hydrogen) atoms. The zero-order chi connectivity index (χ0) is 14.1. The number of nitrogens with one attached hydrogen (secondary N) is 1. The van der Waals surface area contributed by atoms with E-state index >= 15 is 0 Å². The quantitative estimate of drug-likeness (QED) is 0.666. The molecule has 1 rings (SSSR count). The molecule has 0 saturated heterocycles. The lowest BCUT2D eigenvalue weighted by Crippen LogP contribution is -2.26. The van der Waals surface area contributed by atoms with Crippen molar-refractivity contribution in [2.75, 3.05) is 20.3 Å². The summed E-state index contributed by atoms with van der Waals surface area (Å²) >= 11 is 0. The minimum Gasteiger partial charge on any atom is -0.479 e. The molecule has 106 valence electrons. The number of benzene rings is 1. The molecule has 0 aliphatic carbocycles. The van der Waals surface area contributed by atoms with Gasteiger partial charge in [0.05, 0.1) is 6.61 Å². The van der Waals surface area contributed by atoms with E-state index in [1.165, 1.54) is 0 Å². The highest BCUT2D eigenvalue weighted by Gasteiger charge is 2.16. The summed E-state index contributed by atoms with van der Waals surface area (Å²) in [4.78, 5) is 10.9. The van der Waals surface area contributed by atoms with Crippen molar-refractivity contribution in [1.82, 2.24) is 5.32 Å². The molecule has 1 atom stereocenters. The normalized spacial score (nSPS) is 12.1. The molecule has 0 aromatic heterocycles. The minimum atomic E-state index is -0.939. The number of aliphatic carboxylic acids is 1. The van der Waals surface area contributed by atoms with Gasteiger partial charge in [0.1, 0.15) is 5.75 Å². The van der Waals surface area contributed by atoms with E-state index in [0.29, 0.717) is 25.3 Å². The lowest BCUT2D eigenvalue weighted by Gasteiger charge is -2.14. The highest BCUT2D eigenvalue weighted by molar-refractivity contribution is 5.72. The van der Waals surface area contributed by atoms with Crippen LogP contribution in [0.2, 0.25) is 0 Å². The van der Waals surface area contributed by atoms with Crippen LogP contribution < -0.4 is 10.1 Å². The molecule has 0 aliphatic rings. The Balaban J connectivity index is 2.53. The largest absolute Gasteiger partial charge is 0.479 e. The zero-order valence-electron chi connectivity index (χ0n) is 11.4. The summed E-state index contributed by atoms with van der Waals surface area (Å²) < 4.78 is 10.4. The van der Waals surface area contributed by atoms with Crippen LogP contribution in [0.25, 0.3) is 0 Å². The fourth-order valence-electron chi connectivity index (χ4n) is 1.61. The molecule has 0 spiro atoms. The Morgan fingerprint density at radius 1 is 1.47 bits per heavy atom. The Kier molecular flexibility index (Phi) is 6.92. The van der Waals surface area contributed by atoms with Crippen LogP contribution in [0.15, 0.2) is 24.3 Å². The number of rotatable bonds is 9. The first-order valence-corrected chi connectivity index (χ1v) is 6.35. The van der Waals surface area contributed by atoms with E-state index in [1.54, 1.807) is 20.1 Å². The molecule has 2 N–H and O–H groups in total. The summed E-state index contributed by atoms with van der Waals surface area (Å²) in [5, 5.41) is 12.2. The molecule has 0 bridgehead atoms. The van der Waals surface area contributed by atoms with Gasteiger partial charge in [-0.2, -0.15) is 0 Å². The van der Waals surface area contributed by atoms with Gasteiger partial charge >= 0.3 is 5.97 Å². The third kappa shape index (κ3) is 5.72. The van der Waals surface area contributed by atoms with Crippen LogP contribution in [0, 0.1) is 0 Å². The number of carboxylic acids is 1. The maximum absolute atomic E-state index is 10.9. The molecule has 0 aliphatic heterocycles. The SMILES string of the molecule is CCC(Oc1cccc(CNCCOC)c1)C(=O)O. The van der Waals surface area contributed by atoms with E-state index in [4.69, 9.17) is 14.6 Å². The van der Waals surface area contributed by atoms with Crippen molar-refractivity contribution < 1.29 is 19.4 Å². The van der Waals surface area contributed by atoms with Crippen molar-refractivity contribution in [2.45, 2.75) is 26.0 Å². The molecule has 0 amide bonds. The van der Waals surface area contributed by atoms with Gasteiger partial charge in [0, 0.05) is 20.2 Å². The van der Waals surface area contributed by atoms with E-state index in [9.17, 15) is 4.79 Å². The Hall–Kier alpha value is -1.59. The predicted molar refractivity (Wildman–Crippen MR) is 72.4 cm³/mol. The van der Waals surface area contributed by atoms with Gasteiger partial charge in [-0.1, -0.05) is 19.1 Å². The summed E-state index contributed by atoms with van der Waals surface area (Å²) in [6, 6.07) is 7.45. The predicted octanol–water partition coefficient (Wildman–Crippen LogP) is 1.66. The molecular weight excluding hydrogens is 246 g/mol. The summed E-state index contributed by atoms with van der Waals surface area (Å²) in [6.07, 6.45) is -0.359. The van der Waals surface area contributed by atoms with Crippen LogP contribution >= 0.6 is 0 Å². The summed E-state index contributed by atoms with van der Waals surface area (Å²) in [5.74, 6) is -0.355. The van der Waals surface area contributed by atoms with Gasteiger partial charge in [-0.3, -0.25) is 0 Å². The first-order chi connectivity index (χ1) is 9.17. The van der Waals surface area contributed by atoms with Crippen molar-refractivity contribution >= 4 is 5.97 Å². The van der Waals surface area contributed by atoms with Crippen LogP contribution in [0.1, 0.15) is 18.9 Å². The van der Waals surface area contributed by atoms with Crippen molar-refractivity contribution in [3.05, 3.63) is 29.8 Å². The molecule has 5 heteroatoms. The average Bonchev–Trinajstić information content (AvgIpc) is 2.41. The number of carboxylic acid groups (broad SMARTS) is 1. The molecule has 0 saturated carbocycles. The van der Waals surface area contributed by atoms with Gasteiger partial charge in [0.25, 0.3) is 0 Å². The number of hydrogen-bond acceptors (Lipinski definition) is 4. The van der Waals surface area contributed by atoms with Crippen LogP contribution in [0.3, 0.4) is 0 Å². The first-order valence-electron chi connectivity index (χ1n) is 6.35. The fraction of sp³-hybridized carbons (Fsp3) is 0.500. The third-order valence-electron chi connectivity index (χ3n) is 2.64. The highest BCUT2D eigenvalue weighted by Crippen LogP contribution is 2.16. The number of ether oxygens (including phenoxy) is 2. The Labute approximate surface area is 113 Å². The molecule has 1 unspecified atom stereocenters. The fourth-order valence-corrected chi connectivity index (χ4v) is 1.61. The second-order valence-corrected chi connectivity index (χ2v) is 4.17. The lowest BCUT2D eigenvalue weighted by atomic mass is 10.2. The van der Waals surface area contributed by atoms with Crippen LogP contribution in [-0.4, -0.2) is 37.4 Å². The van der Waals surface area contributed by atoms with E-state index < -0.39 is 12.1 Å². The minimum absolute atomic E-state index is 0.436. The molecule has 1 aromatic rings. The van der Waals surface area contributed by atoms with Gasteiger partial charge in [-0.05, 0) is 24.1 Å². The van der Waals surface area contributed by atoms with Crippen molar-refractivity contribution in [2.24, 2.45) is 0 Å². The van der Waals surface area contributed by atoms with E-state index in [2.05, 4.69) is 5.32 Å². The summed E-state index contributed by atoms with van der Waals surface area (Å²) in [5.41, 5.74) is 1.05. The average molecular weight is 267 g/mol. The van der Waals surface area contributed by atoms with Crippen molar-refractivity contribution in [1.29, 1.82) is 0 Å². The van der Waals surface area contributed by atoms with Crippen LogP contribution in [0.5, 0.6) is 5.75 Å². The molecule has 0 heterocycles. The lowest BCUT2D eigenvalue weighted by molar-refractivity contribution is -0.145. The van der Waals surface area contributed by atoms with Gasteiger partial charge in [-0.25, -0.2) is 4.79 Å². The Morgan fingerprint density at radius 3 is 2.89 bits per heavy atom. The molecule has 5 nitrogen and oxygen atoms in total. The Morgan fingerprint density at radius 2 is 2.26 bits per heavy atom. The summed E-state index contributed by atoms with van der Waals surface area (Å²) in [7, 11) is 1.66. The van der Waals surface area contributed by atoms with Crippen LogP contribution in [-0.2, 0) is 16.1 Å². The highest BCUT2D eigenvalue weighted by atomic mass is 16.5. The first kappa shape index (κ1) is 15.5. The smallest absolute Gasteiger partial charge is 0.344 e. The summed E-state index contributed by atoms with van der Waals surface area (Å²) in [6.45, 7) is 3.92. The van der Waals surface area contributed by atoms with E-state index in [0.717, 1.165) is 12.1 Å². The van der Waals surface area contributed by atoms with Gasteiger partial charge in [0.2, 0.25) is 0 Å². The molecule has 1 aromatic carbocycles. The number of carbonyl (C=O) groups is 1. The van der Waals surface area contributed by atoms with Gasteiger partial charge in [-0.15, -0.1) is 0 Å². The monoisotopic (exact) mass is 267 g/mol. The van der Waals surface area contributed by atoms with Gasteiger partial charge < -0.3 is 19.9 Å². The van der Waals surface area contributed by atoms with Crippen LogP contribution in [0.4, 0.5) is 0 Å². The molecule has 0 fully saturated rings. The van der Waals surface area contributed by atoms with Crippen molar-refractivity contribution in [3.63, 3.8) is 0 Å². The van der Waals surface area contributed by atoms with Crippen molar-refractivity contribution in [3.8, 4) is 5.75 Å². The number of methoxy groups -OCH3 is 1. The van der Waals surface area contributed by atoms with E-state index in [1.807, 2.05) is 18.2 Å². The van der Waals surface area contributed by atoms with Gasteiger partial charge in [0.15, 0.2) is 6.10 Å². The molecular formula is C14H21NO4. The maximum atomic E-state index is 10.9. The zero-order valence-corrected chi connectivity index (χ0v) is 11.4. The second-order valence-electron chi connectivity index (χ2n) is 4.17. The third-order valence-corrected chi connectivity index (χ3v) is 2.64. The maximum Gasteiger partial charge on any atom is 0.344 e. The standard InChI is InChI=1S/C14H21NO4/c1-3-13(14(16)17)19-12-6-4-5-11(9-12)10-15-7-8-18-2/h4-6,9,13,15H,3,7-8,10H2,1-2H3,(H,16,17). The Bertz CT molecular complexity index is 395. The molecule has 0 radical (unpaired) electrons. The van der Waals surface area contributed by atoms with E-state index in [-0.39, 0.29) is 0 Å². The number of hydrogen-bond donors (Lipinski definition) is 2.